The molecular weight excluding hydrogens is 252 g/mol. The SMILES string of the molecule is CCC(C)(C)c1ccc(C(O)c2ccc(C)s2)cc1. The van der Waals surface area contributed by atoms with E-state index in [4.69, 9.17) is 0 Å². The highest BCUT2D eigenvalue weighted by atomic mass is 32.1. The molecule has 0 aliphatic heterocycles. The van der Waals surface area contributed by atoms with Crippen LogP contribution in [0.15, 0.2) is 36.4 Å². The second-order valence-corrected chi connectivity index (χ2v) is 7.03. The maximum atomic E-state index is 10.4. The third-order valence-electron chi connectivity index (χ3n) is 3.92. The number of aryl methyl sites for hydroxylation is 1. The fourth-order valence-corrected chi connectivity index (χ4v) is 2.98. The van der Waals surface area contributed by atoms with Gasteiger partial charge >= 0.3 is 0 Å². The van der Waals surface area contributed by atoms with Gasteiger partial charge in [-0.1, -0.05) is 45.0 Å². The minimum absolute atomic E-state index is 0.197. The molecule has 0 aliphatic rings. The fraction of sp³-hybridized carbons (Fsp3) is 0.412. The van der Waals surface area contributed by atoms with E-state index in [0.717, 1.165) is 16.9 Å². The smallest absolute Gasteiger partial charge is 0.113 e. The predicted molar refractivity (Wildman–Crippen MR) is 82.9 cm³/mol. The molecule has 2 heteroatoms. The molecule has 1 aromatic carbocycles. The standard InChI is InChI=1S/C17H22OS/c1-5-17(3,4)14-9-7-13(8-10-14)16(18)15-11-6-12(2)19-15/h6-11,16,18H,5H2,1-4H3. The number of thiophene rings is 1. The zero-order chi connectivity index (χ0) is 14.0. The van der Waals surface area contributed by atoms with E-state index in [1.54, 1.807) is 11.3 Å². The molecule has 0 radical (unpaired) electrons. The maximum Gasteiger partial charge on any atom is 0.113 e. The predicted octanol–water partition coefficient (Wildman–Crippen LogP) is 4.83. The number of aliphatic hydroxyl groups excluding tert-OH is 1. The molecule has 0 bridgehead atoms. The van der Waals surface area contributed by atoms with E-state index in [0.29, 0.717) is 0 Å². The van der Waals surface area contributed by atoms with Gasteiger partial charge in [-0.05, 0) is 42.0 Å². The van der Waals surface area contributed by atoms with Gasteiger partial charge in [0.1, 0.15) is 6.10 Å². The maximum absolute atomic E-state index is 10.4. The second-order valence-electron chi connectivity index (χ2n) is 5.71. The Hall–Kier alpha value is -1.12. The van der Waals surface area contributed by atoms with Gasteiger partial charge in [-0.25, -0.2) is 0 Å². The monoisotopic (exact) mass is 274 g/mol. The van der Waals surface area contributed by atoms with Crippen LogP contribution >= 0.6 is 11.3 Å². The van der Waals surface area contributed by atoms with Crippen molar-refractivity contribution in [2.24, 2.45) is 0 Å². The molecule has 1 unspecified atom stereocenters. The zero-order valence-corrected chi connectivity index (χ0v) is 12.9. The fourth-order valence-electron chi connectivity index (χ4n) is 2.09. The molecule has 1 heterocycles. The minimum Gasteiger partial charge on any atom is -0.383 e. The molecular formula is C17H22OS. The first-order valence-corrected chi connectivity index (χ1v) is 7.60. The highest BCUT2D eigenvalue weighted by Gasteiger charge is 2.19. The van der Waals surface area contributed by atoms with Gasteiger partial charge in [0.25, 0.3) is 0 Å². The first kappa shape index (κ1) is 14.3. The van der Waals surface area contributed by atoms with Crippen molar-refractivity contribution in [1.82, 2.24) is 0 Å². The third-order valence-corrected chi connectivity index (χ3v) is 4.98. The van der Waals surface area contributed by atoms with Crippen molar-refractivity contribution >= 4 is 11.3 Å². The van der Waals surface area contributed by atoms with Crippen LogP contribution in [0.3, 0.4) is 0 Å². The molecule has 0 amide bonds. The number of rotatable bonds is 4. The summed E-state index contributed by atoms with van der Waals surface area (Å²) < 4.78 is 0. The minimum atomic E-state index is -0.502. The van der Waals surface area contributed by atoms with Crippen molar-refractivity contribution in [2.45, 2.75) is 45.6 Å². The molecule has 1 aromatic heterocycles. The average Bonchev–Trinajstić information content (AvgIpc) is 2.85. The molecule has 1 nitrogen and oxygen atoms in total. The highest BCUT2D eigenvalue weighted by molar-refractivity contribution is 7.12. The number of benzene rings is 1. The summed E-state index contributed by atoms with van der Waals surface area (Å²) in [5.74, 6) is 0. The Bertz CT molecular complexity index is 537. The number of hydrogen-bond acceptors (Lipinski definition) is 2. The van der Waals surface area contributed by atoms with Crippen molar-refractivity contribution in [3.8, 4) is 0 Å². The van der Waals surface area contributed by atoms with E-state index in [9.17, 15) is 5.11 Å². The first-order chi connectivity index (χ1) is 8.94. The normalized spacial score (nSPS) is 13.5. The van der Waals surface area contributed by atoms with Gasteiger partial charge < -0.3 is 5.11 Å². The van der Waals surface area contributed by atoms with E-state index >= 15 is 0 Å². The van der Waals surface area contributed by atoms with E-state index in [-0.39, 0.29) is 5.41 Å². The van der Waals surface area contributed by atoms with Gasteiger partial charge in [0.15, 0.2) is 0 Å². The van der Waals surface area contributed by atoms with Crippen LogP contribution in [0.1, 0.15) is 54.2 Å². The van der Waals surface area contributed by atoms with Crippen LogP contribution in [0.2, 0.25) is 0 Å². The Morgan fingerprint density at radius 3 is 2.21 bits per heavy atom. The Morgan fingerprint density at radius 1 is 1.11 bits per heavy atom. The van der Waals surface area contributed by atoms with Crippen LogP contribution in [0.25, 0.3) is 0 Å². The van der Waals surface area contributed by atoms with Crippen molar-refractivity contribution in [3.63, 3.8) is 0 Å². The molecule has 102 valence electrons. The van der Waals surface area contributed by atoms with Gasteiger partial charge in [0.05, 0.1) is 0 Å². The quantitative estimate of drug-likeness (QED) is 0.847. The lowest BCUT2D eigenvalue weighted by Crippen LogP contribution is -2.15. The third kappa shape index (κ3) is 3.07. The molecule has 1 N–H and O–H groups in total. The zero-order valence-electron chi connectivity index (χ0n) is 12.1. The summed E-state index contributed by atoms with van der Waals surface area (Å²) in [5.41, 5.74) is 2.49. The molecule has 1 atom stereocenters. The summed E-state index contributed by atoms with van der Waals surface area (Å²) in [7, 11) is 0. The Balaban J connectivity index is 2.23. The lowest BCUT2D eigenvalue weighted by Gasteiger charge is -2.23. The van der Waals surface area contributed by atoms with E-state index in [2.05, 4.69) is 45.9 Å². The molecule has 0 saturated carbocycles. The van der Waals surface area contributed by atoms with Gasteiger partial charge in [-0.15, -0.1) is 11.3 Å². The molecule has 0 saturated heterocycles. The highest BCUT2D eigenvalue weighted by Crippen LogP contribution is 2.31. The Kier molecular flexibility index (Phi) is 4.12. The molecule has 2 aromatic rings. The van der Waals surface area contributed by atoms with Crippen LogP contribution in [-0.4, -0.2) is 5.11 Å². The molecule has 0 spiro atoms. The van der Waals surface area contributed by atoms with Crippen molar-refractivity contribution in [3.05, 3.63) is 57.3 Å². The van der Waals surface area contributed by atoms with Crippen LogP contribution in [0.4, 0.5) is 0 Å². The lowest BCUT2D eigenvalue weighted by atomic mass is 9.82. The topological polar surface area (TPSA) is 20.2 Å². The van der Waals surface area contributed by atoms with Crippen molar-refractivity contribution < 1.29 is 5.11 Å². The van der Waals surface area contributed by atoms with E-state index in [1.807, 2.05) is 18.2 Å². The van der Waals surface area contributed by atoms with Gasteiger partial charge in [-0.3, -0.25) is 0 Å². The summed E-state index contributed by atoms with van der Waals surface area (Å²) in [5, 5.41) is 10.4. The van der Waals surface area contributed by atoms with Gasteiger partial charge in [0.2, 0.25) is 0 Å². The second kappa shape index (κ2) is 5.48. The number of hydrogen-bond donors (Lipinski definition) is 1. The summed E-state index contributed by atoms with van der Waals surface area (Å²) in [6, 6.07) is 12.4. The van der Waals surface area contributed by atoms with Crippen molar-refractivity contribution in [1.29, 1.82) is 0 Å². The van der Waals surface area contributed by atoms with Crippen LogP contribution in [0, 0.1) is 6.92 Å². The van der Waals surface area contributed by atoms with E-state index in [1.165, 1.54) is 10.4 Å². The summed E-state index contributed by atoms with van der Waals surface area (Å²) in [6.45, 7) is 8.77. The van der Waals surface area contributed by atoms with Crippen LogP contribution in [-0.2, 0) is 5.41 Å². The summed E-state index contributed by atoms with van der Waals surface area (Å²) in [6.07, 6.45) is 0.608. The van der Waals surface area contributed by atoms with E-state index < -0.39 is 6.10 Å². The summed E-state index contributed by atoms with van der Waals surface area (Å²) >= 11 is 1.65. The van der Waals surface area contributed by atoms with Crippen molar-refractivity contribution in [2.75, 3.05) is 0 Å². The Morgan fingerprint density at radius 2 is 1.74 bits per heavy atom. The summed E-state index contributed by atoms with van der Waals surface area (Å²) in [4.78, 5) is 2.25. The lowest BCUT2D eigenvalue weighted by molar-refractivity contribution is 0.224. The Labute approximate surface area is 119 Å². The largest absolute Gasteiger partial charge is 0.383 e. The molecule has 2 rings (SSSR count). The number of aliphatic hydroxyl groups is 1. The van der Waals surface area contributed by atoms with Gasteiger partial charge in [-0.2, -0.15) is 0 Å². The van der Waals surface area contributed by atoms with Gasteiger partial charge in [0, 0.05) is 9.75 Å². The van der Waals surface area contributed by atoms with Crippen LogP contribution < -0.4 is 0 Å². The molecule has 0 fully saturated rings. The molecule has 0 aliphatic carbocycles. The van der Waals surface area contributed by atoms with Crippen LogP contribution in [0.5, 0.6) is 0 Å². The first-order valence-electron chi connectivity index (χ1n) is 6.79. The molecule has 19 heavy (non-hydrogen) atoms. The average molecular weight is 274 g/mol.